The summed E-state index contributed by atoms with van der Waals surface area (Å²) in [6.45, 7) is 2.85. The summed E-state index contributed by atoms with van der Waals surface area (Å²) in [5.41, 5.74) is 2.22. The van der Waals surface area contributed by atoms with Crippen molar-refractivity contribution in [2.45, 2.75) is 19.4 Å². The van der Waals surface area contributed by atoms with Crippen LogP contribution >= 0.6 is 11.6 Å². The average molecular weight is 441 g/mol. The van der Waals surface area contributed by atoms with Crippen LogP contribution in [0.2, 0.25) is 5.02 Å². The second kappa shape index (κ2) is 10.8. The summed E-state index contributed by atoms with van der Waals surface area (Å²) in [6.07, 6.45) is 3.99. The molecule has 1 aliphatic heterocycles. The monoisotopic (exact) mass is 440 g/mol. The molecule has 0 fully saturated rings. The van der Waals surface area contributed by atoms with Crippen molar-refractivity contribution in [3.63, 3.8) is 0 Å². The summed E-state index contributed by atoms with van der Waals surface area (Å²) in [5.74, 6) is -0.00590. The lowest BCUT2D eigenvalue weighted by molar-refractivity contribution is -0.117. The van der Waals surface area contributed by atoms with Gasteiger partial charge in [0.15, 0.2) is 0 Å². The van der Waals surface area contributed by atoms with E-state index in [-0.39, 0.29) is 17.7 Å². The van der Waals surface area contributed by atoms with Crippen molar-refractivity contribution in [2.24, 2.45) is 0 Å². The van der Waals surface area contributed by atoms with Gasteiger partial charge in [0, 0.05) is 36.4 Å². The first-order chi connectivity index (χ1) is 15.0. The molecule has 1 aliphatic rings. The number of methoxy groups -OCH3 is 1. The molecule has 2 aromatic carbocycles. The van der Waals surface area contributed by atoms with Crippen LogP contribution in [0.3, 0.4) is 0 Å². The Morgan fingerprint density at radius 2 is 1.90 bits per heavy atom. The highest BCUT2D eigenvalue weighted by Gasteiger charge is 2.21. The first-order valence-corrected chi connectivity index (χ1v) is 10.4. The van der Waals surface area contributed by atoms with E-state index in [1.807, 2.05) is 37.3 Å². The molecular formula is C24H25ClN2O4. The Bertz CT molecular complexity index is 999. The number of hydrogen-bond donors (Lipinski definition) is 2. The van der Waals surface area contributed by atoms with Gasteiger partial charge in [-0.2, -0.15) is 0 Å². The number of benzene rings is 2. The molecule has 0 aliphatic carbocycles. The van der Waals surface area contributed by atoms with E-state index in [1.165, 1.54) is 0 Å². The van der Waals surface area contributed by atoms with Crippen molar-refractivity contribution >= 4 is 29.5 Å². The summed E-state index contributed by atoms with van der Waals surface area (Å²) >= 11 is 5.90. The topological polar surface area (TPSA) is 76.7 Å². The van der Waals surface area contributed by atoms with Crippen molar-refractivity contribution in [3.05, 3.63) is 82.0 Å². The predicted molar refractivity (Wildman–Crippen MR) is 121 cm³/mol. The van der Waals surface area contributed by atoms with Crippen LogP contribution in [0.4, 0.5) is 0 Å². The summed E-state index contributed by atoms with van der Waals surface area (Å²) in [6, 6.07) is 14.1. The fourth-order valence-electron chi connectivity index (χ4n) is 3.06. The lowest BCUT2D eigenvalue weighted by Gasteiger charge is -2.23. The largest absolute Gasteiger partial charge is 0.485 e. The molecule has 1 heterocycles. The second-order valence-corrected chi connectivity index (χ2v) is 7.50. The SMILES string of the molecule is COCCCNC(=O)/C(=C/C1=Cc2ccccc2O[C@@H]1C)NC(=O)c1ccc(Cl)cc1. The number of carbonyl (C=O) groups is 2. The molecule has 0 unspecified atom stereocenters. The van der Waals surface area contributed by atoms with E-state index in [1.54, 1.807) is 37.5 Å². The van der Waals surface area contributed by atoms with Crippen LogP contribution in [0, 0.1) is 0 Å². The van der Waals surface area contributed by atoms with Crippen LogP contribution in [0.15, 0.2) is 65.9 Å². The molecule has 0 saturated carbocycles. The van der Waals surface area contributed by atoms with Gasteiger partial charge in [-0.3, -0.25) is 9.59 Å². The number of ether oxygens (including phenoxy) is 2. The van der Waals surface area contributed by atoms with E-state index in [4.69, 9.17) is 21.1 Å². The molecule has 2 N–H and O–H groups in total. The number of nitrogens with one attached hydrogen (secondary N) is 2. The molecule has 6 nitrogen and oxygen atoms in total. The molecular weight excluding hydrogens is 416 g/mol. The Balaban J connectivity index is 1.86. The third-order valence-electron chi connectivity index (χ3n) is 4.74. The molecule has 31 heavy (non-hydrogen) atoms. The number of amides is 2. The number of hydrogen-bond acceptors (Lipinski definition) is 4. The van der Waals surface area contributed by atoms with Gasteiger partial charge in [0.25, 0.3) is 11.8 Å². The van der Waals surface area contributed by atoms with Crippen molar-refractivity contribution in [3.8, 4) is 5.75 Å². The lowest BCUT2D eigenvalue weighted by Crippen LogP contribution is -2.36. The lowest BCUT2D eigenvalue weighted by atomic mass is 10.0. The highest BCUT2D eigenvalue weighted by molar-refractivity contribution is 6.30. The van der Waals surface area contributed by atoms with Gasteiger partial charge in [-0.05, 0) is 61.4 Å². The van der Waals surface area contributed by atoms with E-state index in [2.05, 4.69) is 10.6 Å². The first-order valence-electron chi connectivity index (χ1n) is 10.0. The maximum absolute atomic E-state index is 12.8. The van der Waals surface area contributed by atoms with Crippen LogP contribution in [-0.2, 0) is 9.53 Å². The highest BCUT2D eigenvalue weighted by Crippen LogP contribution is 2.30. The van der Waals surface area contributed by atoms with Crippen molar-refractivity contribution in [1.82, 2.24) is 10.6 Å². The predicted octanol–water partition coefficient (Wildman–Crippen LogP) is 3.97. The molecule has 3 rings (SSSR count). The van der Waals surface area contributed by atoms with Crippen LogP contribution in [0.25, 0.3) is 6.08 Å². The third kappa shape index (κ3) is 6.20. The quantitative estimate of drug-likeness (QED) is 0.481. The van der Waals surface area contributed by atoms with Gasteiger partial charge < -0.3 is 20.1 Å². The standard InChI is InChI=1S/C24H25ClN2O4/c1-16-19(14-18-6-3-4-7-22(18)31-16)15-21(24(29)26-12-5-13-30-2)27-23(28)17-8-10-20(25)11-9-17/h3-4,6-11,14-16H,5,12-13H2,1-2H3,(H,26,29)(H,27,28)/b21-15-/t16-/m1/s1. The zero-order chi connectivity index (χ0) is 22.2. The molecule has 0 spiro atoms. The van der Waals surface area contributed by atoms with Crippen molar-refractivity contribution in [1.29, 1.82) is 0 Å². The van der Waals surface area contributed by atoms with Gasteiger partial charge in [-0.1, -0.05) is 29.8 Å². The average Bonchev–Trinajstić information content (AvgIpc) is 2.77. The Kier molecular flexibility index (Phi) is 7.87. The first kappa shape index (κ1) is 22.6. The fraction of sp³-hybridized carbons (Fsp3) is 0.250. The molecule has 7 heteroatoms. The van der Waals surface area contributed by atoms with E-state index in [0.29, 0.717) is 30.2 Å². The van der Waals surface area contributed by atoms with Gasteiger partial charge in [-0.15, -0.1) is 0 Å². The van der Waals surface area contributed by atoms with Crippen LogP contribution in [0.1, 0.15) is 29.3 Å². The number of fused-ring (bicyclic) bond motifs is 1. The maximum Gasteiger partial charge on any atom is 0.267 e. The maximum atomic E-state index is 12.8. The molecule has 2 aromatic rings. The highest BCUT2D eigenvalue weighted by atomic mass is 35.5. The van der Waals surface area contributed by atoms with Crippen molar-refractivity contribution < 1.29 is 19.1 Å². The van der Waals surface area contributed by atoms with E-state index in [9.17, 15) is 9.59 Å². The molecule has 162 valence electrons. The molecule has 0 saturated heterocycles. The number of para-hydroxylation sites is 1. The number of halogens is 1. The molecule has 0 aromatic heterocycles. The van der Waals surface area contributed by atoms with Crippen LogP contribution in [0.5, 0.6) is 5.75 Å². The Morgan fingerprint density at radius 3 is 2.65 bits per heavy atom. The molecule has 0 bridgehead atoms. The summed E-state index contributed by atoms with van der Waals surface area (Å²) < 4.78 is 11.0. The zero-order valence-corrected chi connectivity index (χ0v) is 18.2. The van der Waals surface area contributed by atoms with E-state index < -0.39 is 5.91 Å². The Labute approximate surface area is 186 Å². The minimum Gasteiger partial charge on any atom is -0.485 e. The number of carbonyl (C=O) groups excluding carboxylic acids is 2. The zero-order valence-electron chi connectivity index (χ0n) is 17.5. The fourth-order valence-corrected chi connectivity index (χ4v) is 3.18. The van der Waals surface area contributed by atoms with E-state index >= 15 is 0 Å². The molecule has 2 amide bonds. The minimum atomic E-state index is -0.402. The van der Waals surface area contributed by atoms with Gasteiger partial charge in [0.1, 0.15) is 17.6 Å². The van der Waals surface area contributed by atoms with Gasteiger partial charge >= 0.3 is 0 Å². The third-order valence-corrected chi connectivity index (χ3v) is 4.99. The Hall–Kier alpha value is -3.09. The van der Waals surface area contributed by atoms with Gasteiger partial charge in [0.2, 0.25) is 0 Å². The second-order valence-electron chi connectivity index (χ2n) is 7.06. The van der Waals surface area contributed by atoms with Gasteiger partial charge in [-0.25, -0.2) is 0 Å². The van der Waals surface area contributed by atoms with Gasteiger partial charge in [0.05, 0.1) is 0 Å². The molecule has 0 radical (unpaired) electrons. The summed E-state index contributed by atoms with van der Waals surface area (Å²) in [5, 5.41) is 6.07. The summed E-state index contributed by atoms with van der Waals surface area (Å²) in [7, 11) is 1.61. The van der Waals surface area contributed by atoms with Crippen LogP contribution < -0.4 is 15.4 Å². The normalized spacial score (nSPS) is 15.4. The van der Waals surface area contributed by atoms with Crippen molar-refractivity contribution in [2.75, 3.05) is 20.3 Å². The van der Waals surface area contributed by atoms with E-state index in [0.717, 1.165) is 16.9 Å². The summed E-state index contributed by atoms with van der Waals surface area (Å²) in [4.78, 5) is 25.6. The Morgan fingerprint density at radius 1 is 1.16 bits per heavy atom. The smallest absolute Gasteiger partial charge is 0.267 e. The minimum absolute atomic E-state index is 0.137. The van der Waals surface area contributed by atoms with Crippen LogP contribution in [-0.4, -0.2) is 38.2 Å². The number of rotatable bonds is 8. The molecule has 1 atom stereocenters.